The largest absolute Gasteiger partial charge is 0.492 e. The maximum atomic E-state index is 5.95. The Kier molecular flexibility index (Phi) is 8.07. The standard InChI is InChI=1S/C31H38N8O/c1-36(29-33-30(37-17-9-3-10-18-37)35-31(34-29)38-19-11-4-12-20-38)32-23-25-24-39(28-16-8-7-15-27(25)28)21-22-40-26-13-5-2-6-14-26/h2,5-8,13-16,23-24H,3-4,9-12,17-22H2,1H3/b32-23+. The van der Waals surface area contributed by atoms with Gasteiger partial charge in [-0.25, -0.2) is 5.01 Å². The van der Waals surface area contributed by atoms with E-state index in [0.717, 1.165) is 66.8 Å². The van der Waals surface area contributed by atoms with Gasteiger partial charge >= 0.3 is 0 Å². The number of hydrazone groups is 1. The first-order valence-corrected chi connectivity index (χ1v) is 14.5. The normalized spacial score (nSPS) is 16.1. The molecule has 0 unspecified atom stereocenters. The fourth-order valence-corrected chi connectivity index (χ4v) is 5.50. The molecule has 9 heteroatoms. The predicted octanol–water partition coefficient (Wildman–Crippen LogP) is 5.36. The number of aromatic nitrogens is 4. The van der Waals surface area contributed by atoms with E-state index in [0.29, 0.717) is 12.6 Å². The van der Waals surface area contributed by atoms with Crippen LogP contribution in [0.5, 0.6) is 5.75 Å². The summed E-state index contributed by atoms with van der Waals surface area (Å²) in [5.74, 6) is 2.99. The second-order valence-electron chi connectivity index (χ2n) is 10.6. The fraction of sp³-hybridized carbons (Fsp3) is 0.419. The van der Waals surface area contributed by atoms with Crippen LogP contribution >= 0.6 is 0 Å². The molecule has 0 saturated carbocycles. The van der Waals surface area contributed by atoms with Crippen LogP contribution < -0.4 is 19.5 Å². The van der Waals surface area contributed by atoms with Crippen LogP contribution in [0, 0.1) is 0 Å². The minimum absolute atomic E-state index is 0.576. The highest BCUT2D eigenvalue weighted by Gasteiger charge is 2.21. The van der Waals surface area contributed by atoms with Gasteiger partial charge in [-0.05, 0) is 56.7 Å². The van der Waals surface area contributed by atoms with E-state index in [1.165, 1.54) is 38.5 Å². The van der Waals surface area contributed by atoms with Crippen LogP contribution in [-0.4, -0.2) is 65.6 Å². The van der Waals surface area contributed by atoms with Crippen LogP contribution in [0.15, 0.2) is 65.9 Å². The average Bonchev–Trinajstić information content (AvgIpc) is 3.38. The summed E-state index contributed by atoms with van der Waals surface area (Å²) in [6.45, 7) is 5.28. The van der Waals surface area contributed by atoms with Gasteiger partial charge in [0, 0.05) is 55.9 Å². The third kappa shape index (κ3) is 6.03. The molecule has 2 saturated heterocycles. The molecule has 0 amide bonds. The van der Waals surface area contributed by atoms with Gasteiger partial charge in [-0.3, -0.25) is 0 Å². The van der Waals surface area contributed by atoms with Gasteiger partial charge in [-0.2, -0.15) is 20.1 Å². The molecule has 0 spiro atoms. The Morgan fingerprint density at radius 1 is 0.800 bits per heavy atom. The maximum Gasteiger partial charge on any atom is 0.252 e. The summed E-state index contributed by atoms with van der Waals surface area (Å²) in [5.41, 5.74) is 2.20. The molecule has 40 heavy (non-hydrogen) atoms. The van der Waals surface area contributed by atoms with Crippen LogP contribution in [-0.2, 0) is 6.54 Å². The second kappa shape index (κ2) is 12.4. The van der Waals surface area contributed by atoms with Crippen molar-refractivity contribution < 1.29 is 4.74 Å². The third-order valence-electron chi connectivity index (χ3n) is 7.70. The second-order valence-corrected chi connectivity index (χ2v) is 10.6. The summed E-state index contributed by atoms with van der Waals surface area (Å²) in [6, 6.07) is 18.3. The Labute approximate surface area is 236 Å². The van der Waals surface area contributed by atoms with Gasteiger partial charge in [0.15, 0.2) is 0 Å². The lowest BCUT2D eigenvalue weighted by Crippen LogP contribution is -2.35. The molecule has 0 aliphatic carbocycles. The molecule has 2 aromatic carbocycles. The first-order chi connectivity index (χ1) is 19.7. The average molecular weight is 539 g/mol. The molecule has 0 bridgehead atoms. The van der Waals surface area contributed by atoms with E-state index in [2.05, 4.69) is 44.8 Å². The predicted molar refractivity (Wildman–Crippen MR) is 162 cm³/mol. The van der Waals surface area contributed by atoms with Gasteiger partial charge < -0.3 is 19.1 Å². The van der Waals surface area contributed by atoms with Gasteiger partial charge in [-0.15, -0.1) is 0 Å². The first kappa shape index (κ1) is 26.1. The van der Waals surface area contributed by atoms with Crippen LogP contribution in [0.4, 0.5) is 17.8 Å². The Balaban J connectivity index is 1.23. The van der Waals surface area contributed by atoms with Gasteiger partial charge in [0.1, 0.15) is 12.4 Å². The number of para-hydroxylation sites is 2. The molecule has 0 atom stereocenters. The molecule has 6 rings (SSSR count). The number of piperidine rings is 2. The lowest BCUT2D eigenvalue weighted by Gasteiger charge is -2.30. The number of nitrogens with zero attached hydrogens (tertiary/aromatic N) is 8. The van der Waals surface area contributed by atoms with Gasteiger partial charge in [0.2, 0.25) is 11.9 Å². The zero-order valence-electron chi connectivity index (χ0n) is 23.3. The first-order valence-electron chi connectivity index (χ1n) is 14.5. The number of fused-ring (bicyclic) bond motifs is 1. The highest BCUT2D eigenvalue weighted by molar-refractivity contribution is 5.99. The Morgan fingerprint density at radius 3 is 2.10 bits per heavy atom. The van der Waals surface area contributed by atoms with Crippen LogP contribution in [0.1, 0.15) is 44.1 Å². The molecular formula is C31H38N8O. The summed E-state index contributed by atoms with van der Waals surface area (Å²) in [5, 5.41) is 7.72. The lowest BCUT2D eigenvalue weighted by atomic mass is 10.1. The molecular weight excluding hydrogens is 500 g/mol. The molecule has 0 radical (unpaired) electrons. The number of anilines is 3. The highest BCUT2D eigenvalue weighted by Crippen LogP contribution is 2.24. The lowest BCUT2D eigenvalue weighted by molar-refractivity contribution is 0.300. The Bertz CT molecular complexity index is 1390. The summed E-state index contributed by atoms with van der Waals surface area (Å²) in [7, 11) is 1.92. The van der Waals surface area contributed by atoms with Crippen LogP contribution in [0.3, 0.4) is 0 Å². The van der Waals surface area contributed by atoms with Crippen molar-refractivity contribution in [1.82, 2.24) is 19.5 Å². The quantitative estimate of drug-likeness (QED) is 0.210. The Hall–Kier alpha value is -4.14. The van der Waals surface area contributed by atoms with Gasteiger partial charge in [0.05, 0.1) is 12.8 Å². The molecule has 0 N–H and O–H groups in total. The van der Waals surface area contributed by atoms with E-state index >= 15 is 0 Å². The van der Waals surface area contributed by atoms with Crippen molar-refractivity contribution in [2.75, 3.05) is 54.6 Å². The van der Waals surface area contributed by atoms with E-state index in [9.17, 15) is 0 Å². The van der Waals surface area contributed by atoms with Crippen molar-refractivity contribution >= 4 is 35.0 Å². The van der Waals surface area contributed by atoms with E-state index < -0.39 is 0 Å². The van der Waals surface area contributed by atoms with E-state index in [1.807, 2.05) is 43.6 Å². The maximum absolute atomic E-state index is 5.95. The van der Waals surface area contributed by atoms with E-state index in [-0.39, 0.29) is 0 Å². The number of ether oxygens (including phenoxy) is 1. The van der Waals surface area contributed by atoms with Crippen LogP contribution in [0.25, 0.3) is 10.9 Å². The summed E-state index contributed by atoms with van der Waals surface area (Å²) >= 11 is 0. The molecule has 2 fully saturated rings. The summed E-state index contributed by atoms with van der Waals surface area (Å²) in [6.07, 6.45) is 11.3. The Morgan fingerprint density at radius 2 is 1.43 bits per heavy atom. The third-order valence-corrected chi connectivity index (χ3v) is 7.70. The number of rotatable bonds is 9. The van der Waals surface area contributed by atoms with Crippen molar-refractivity contribution in [1.29, 1.82) is 0 Å². The zero-order valence-corrected chi connectivity index (χ0v) is 23.3. The zero-order chi connectivity index (χ0) is 27.1. The van der Waals surface area contributed by atoms with E-state index in [1.54, 1.807) is 5.01 Å². The fourth-order valence-electron chi connectivity index (χ4n) is 5.50. The van der Waals surface area contributed by atoms with Crippen LogP contribution in [0.2, 0.25) is 0 Å². The molecule has 2 aliphatic heterocycles. The van der Waals surface area contributed by atoms with Crippen molar-refractivity contribution in [3.8, 4) is 5.75 Å². The molecule has 2 aliphatic rings. The highest BCUT2D eigenvalue weighted by atomic mass is 16.5. The van der Waals surface area contributed by atoms with Gasteiger partial charge in [-0.1, -0.05) is 36.4 Å². The van der Waals surface area contributed by atoms with E-state index in [4.69, 9.17) is 24.8 Å². The minimum Gasteiger partial charge on any atom is -0.492 e. The van der Waals surface area contributed by atoms with Crippen molar-refractivity contribution in [2.45, 2.75) is 45.1 Å². The molecule has 208 valence electrons. The number of benzene rings is 2. The topological polar surface area (TPSA) is 74.9 Å². The van der Waals surface area contributed by atoms with Crippen molar-refractivity contribution in [3.05, 3.63) is 66.4 Å². The molecule has 4 heterocycles. The SMILES string of the molecule is CN(/N=C/c1cn(CCOc2ccccc2)c2ccccc12)c1nc(N2CCCCC2)nc(N2CCCCC2)n1. The minimum atomic E-state index is 0.576. The number of hydrogen-bond acceptors (Lipinski definition) is 8. The monoisotopic (exact) mass is 538 g/mol. The molecule has 9 nitrogen and oxygen atoms in total. The summed E-state index contributed by atoms with van der Waals surface area (Å²) < 4.78 is 8.18. The molecule has 2 aromatic heterocycles. The smallest absolute Gasteiger partial charge is 0.252 e. The molecule has 4 aromatic rings. The van der Waals surface area contributed by atoms with Gasteiger partial charge in [0.25, 0.3) is 5.95 Å². The summed E-state index contributed by atoms with van der Waals surface area (Å²) in [4.78, 5) is 19.2. The number of hydrogen-bond donors (Lipinski definition) is 0. The van der Waals surface area contributed by atoms with Crippen molar-refractivity contribution in [3.63, 3.8) is 0 Å². The van der Waals surface area contributed by atoms with Crippen molar-refractivity contribution in [2.24, 2.45) is 5.10 Å².